The zero-order valence-electron chi connectivity index (χ0n) is 19.5. The van der Waals surface area contributed by atoms with E-state index < -0.39 is 0 Å². The van der Waals surface area contributed by atoms with Crippen LogP contribution < -0.4 is 0 Å². The quantitative estimate of drug-likeness (QED) is 0.320. The van der Waals surface area contributed by atoms with E-state index in [1.165, 1.54) is 0 Å². The van der Waals surface area contributed by atoms with Crippen LogP contribution in [-0.4, -0.2) is 68.4 Å². The van der Waals surface area contributed by atoms with Gasteiger partial charge in [0, 0.05) is 73.9 Å². The van der Waals surface area contributed by atoms with Crippen LogP contribution >= 0.6 is 11.6 Å². The van der Waals surface area contributed by atoms with Crippen LogP contribution in [0.15, 0.2) is 61.2 Å². The molecule has 7 nitrogen and oxygen atoms in total. The topological polar surface area (TPSA) is 66.6 Å². The molecule has 3 aromatic heterocycles. The normalized spacial score (nSPS) is 14.6. The van der Waals surface area contributed by atoms with Crippen molar-refractivity contribution in [1.29, 1.82) is 0 Å². The maximum atomic E-state index is 12.9. The summed E-state index contributed by atoms with van der Waals surface area (Å²) in [4.78, 5) is 26.2. The Labute approximate surface area is 209 Å². The first kappa shape index (κ1) is 23.2. The van der Waals surface area contributed by atoms with Gasteiger partial charge in [-0.25, -0.2) is 9.50 Å². The number of aromatic nitrogens is 4. The number of carbonyl (C=O) groups excluding carboxylic acids is 1. The van der Waals surface area contributed by atoms with E-state index in [2.05, 4.69) is 43.8 Å². The van der Waals surface area contributed by atoms with Crippen molar-refractivity contribution in [2.45, 2.75) is 13.0 Å². The summed E-state index contributed by atoms with van der Waals surface area (Å²) in [6, 6.07) is 11.4. The number of hydrogen-bond acceptors (Lipinski definition) is 6. The molecule has 0 spiro atoms. The Morgan fingerprint density at radius 3 is 2.74 bits per heavy atom. The summed E-state index contributed by atoms with van der Waals surface area (Å²) in [5.41, 5.74) is 4.55. The van der Waals surface area contributed by atoms with E-state index in [0.29, 0.717) is 21.8 Å². The van der Waals surface area contributed by atoms with Crippen LogP contribution in [0.5, 0.6) is 0 Å². The minimum Gasteiger partial charge on any atom is -0.304 e. The Bertz CT molecular complexity index is 1430. The maximum absolute atomic E-state index is 12.9. The zero-order valence-corrected chi connectivity index (χ0v) is 20.2. The number of ketones is 1. The number of benzene rings is 1. The highest BCUT2D eigenvalue weighted by molar-refractivity contribution is 6.31. The Hall–Kier alpha value is -3.57. The molecule has 0 unspecified atom stereocenters. The Morgan fingerprint density at radius 2 is 1.91 bits per heavy atom. The summed E-state index contributed by atoms with van der Waals surface area (Å²) in [6.45, 7) is 5.03. The van der Waals surface area contributed by atoms with Gasteiger partial charge in [0.25, 0.3) is 0 Å². The summed E-state index contributed by atoms with van der Waals surface area (Å²) in [5.74, 6) is 6.10. The molecule has 8 heteroatoms. The number of nitrogens with zero attached hydrogens (tertiary/aromatic N) is 6. The Kier molecular flexibility index (Phi) is 6.87. The van der Waals surface area contributed by atoms with Crippen molar-refractivity contribution in [3.05, 3.63) is 94.2 Å². The van der Waals surface area contributed by atoms with E-state index >= 15 is 0 Å². The minimum absolute atomic E-state index is 0.0273. The lowest BCUT2D eigenvalue weighted by Gasteiger charge is -2.32. The lowest BCUT2D eigenvalue weighted by molar-refractivity contribution is 0.0992. The lowest BCUT2D eigenvalue weighted by atomic mass is 10.0. The van der Waals surface area contributed by atoms with Gasteiger partial charge in [-0.2, -0.15) is 5.10 Å². The number of halogens is 1. The monoisotopic (exact) mass is 484 g/mol. The van der Waals surface area contributed by atoms with Gasteiger partial charge in [-0.15, -0.1) is 0 Å². The van der Waals surface area contributed by atoms with E-state index in [9.17, 15) is 4.79 Å². The molecule has 4 aromatic rings. The molecule has 1 aliphatic rings. The number of fused-ring (bicyclic) bond motifs is 1. The number of piperazine rings is 1. The van der Waals surface area contributed by atoms with Crippen LogP contribution in [0.25, 0.3) is 5.65 Å². The van der Waals surface area contributed by atoms with Crippen molar-refractivity contribution in [3.63, 3.8) is 0 Å². The van der Waals surface area contributed by atoms with Crippen molar-refractivity contribution in [3.8, 4) is 11.8 Å². The molecule has 176 valence electrons. The second-order valence-corrected chi connectivity index (χ2v) is 9.16. The molecular weight excluding hydrogens is 460 g/mol. The van der Waals surface area contributed by atoms with Gasteiger partial charge >= 0.3 is 0 Å². The molecule has 0 aliphatic carbocycles. The summed E-state index contributed by atoms with van der Waals surface area (Å²) < 4.78 is 1.67. The first-order valence-corrected chi connectivity index (χ1v) is 11.9. The Morgan fingerprint density at radius 1 is 1.06 bits per heavy atom. The van der Waals surface area contributed by atoms with E-state index in [0.717, 1.165) is 49.5 Å². The number of hydrogen-bond donors (Lipinski definition) is 0. The van der Waals surface area contributed by atoms with Crippen molar-refractivity contribution >= 4 is 23.0 Å². The third kappa shape index (κ3) is 5.57. The summed E-state index contributed by atoms with van der Waals surface area (Å²) in [6.07, 6.45) is 6.84. The van der Waals surface area contributed by atoms with Crippen molar-refractivity contribution < 1.29 is 4.79 Å². The fraction of sp³-hybridized carbons (Fsp3) is 0.259. The SMILES string of the molecule is CN1CCN(Cc2ccc(CC(=O)c3cncc(C#Cc4cnc5cccnn45)c3)cc2Cl)CC1. The highest BCUT2D eigenvalue weighted by Gasteiger charge is 2.16. The molecule has 4 heterocycles. The molecule has 5 rings (SSSR count). The smallest absolute Gasteiger partial charge is 0.168 e. The van der Waals surface area contributed by atoms with E-state index in [4.69, 9.17) is 11.6 Å². The number of likely N-dealkylation sites (N-methyl/N-ethyl adjacent to an activating group) is 1. The lowest BCUT2D eigenvalue weighted by Crippen LogP contribution is -2.43. The average Bonchev–Trinajstić information content (AvgIpc) is 3.29. The van der Waals surface area contributed by atoms with Gasteiger partial charge in [0.05, 0.1) is 6.20 Å². The van der Waals surface area contributed by atoms with Crippen LogP contribution in [-0.2, 0) is 13.0 Å². The fourth-order valence-electron chi connectivity index (χ4n) is 4.07. The van der Waals surface area contributed by atoms with Gasteiger partial charge in [-0.3, -0.25) is 14.7 Å². The first-order valence-electron chi connectivity index (χ1n) is 11.5. The van der Waals surface area contributed by atoms with Crippen LogP contribution in [0.3, 0.4) is 0 Å². The highest BCUT2D eigenvalue weighted by Crippen LogP contribution is 2.21. The van der Waals surface area contributed by atoms with E-state index in [-0.39, 0.29) is 12.2 Å². The van der Waals surface area contributed by atoms with Crippen molar-refractivity contribution in [1.82, 2.24) is 29.4 Å². The highest BCUT2D eigenvalue weighted by atomic mass is 35.5. The average molecular weight is 485 g/mol. The molecule has 0 amide bonds. The van der Waals surface area contributed by atoms with Crippen LogP contribution in [0.2, 0.25) is 5.02 Å². The molecular formula is C27H25ClN6O. The molecule has 0 radical (unpaired) electrons. The van der Waals surface area contributed by atoms with Gasteiger partial charge < -0.3 is 4.90 Å². The minimum atomic E-state index is -0.0273. The second-order valence-electron chi connectivity index (χ2n) is 8.75. The van der Waals surface area contributed by atoms with Gasteiger partial charge in [-0.1, -0.05) is 29.7 Å². The number of imidazole rings is 1. The third-order valence-electron chi connectivity index (χ3n) is 6.14. The van der Waals surface area contributed by atoms with E-state index in [1.54, 1.807) is 35.4 Å². The molecule has 1 fully saturated rings. The Balaban J connectivity index is 1.26. The van der Waals surface area contributed by atoms with Gasteiger partial charge in [0.2, 0.25) is 0 Å². The second kappa shape index (κ2) is 10.4. The van der Waals surface area contributed by atoms with Gasteiger partial charge in [-0.05, 0) is 48.4 Å². The standard InChI is InChI=1S/C27H25ClN6O/c1-32-9-11-33(12-10-32)19-22-6-4-20(14-25(22)28)15-26(35)23-13-21(16-29-17-23)5-7-24-18-30-27-3-2-8-31-34(24)27/h2-4,6,8,13-14,16-18H,9-12,15,19H2,1H3. The number of pyridine rings is 1. The number of carbonyl (C=O) groups is 1. The van der Waals surface area contributed by atoms with Crippen LogP contribution in [0, 0.1) is 11.8 Å². The number of Topliss-reactive ketones (excluding diaryl/α,β-unsaturated/α-hetero) is 1. The van der Waals surface area contributed by atoms with Crippen molar-refractivity contribution in [2.24, 2.45) is 0 Å². The molecule has 1 aromatic carbocycles. The maximum Gasteiger partial charge on any atom is 0.168 e. The summed E-state index contributed by atoms with van der Waals surface area (Å²) >= 11 is 6.57. The predicted molar refractivity (Wildman–Crippen MR) is 135 cm³/mol. The molecule has 0 saturated carbocycles. The van der Waals surface area contributed by atoms with E-state index in [1.807, 2.05) is 30.3 Å². The zero-order chi connectivity index (χ0) is 24.2. The van der Waals surface area contributed by atoms with Crippen molar-refractivity contribution in [2.75, 3.05) is 33.2 Å². The summed E-state index contributed by atoms with van der Waals surface area (Å²) in [7, 11) is 2.15. The largest absolute Gasteiger partial charge is 0.304 e. The fourth-order valence-corrected chi connectivity index (χ4v) is 4.34. The molecule has 1 aliphatic heterocycles. The molecule has 0 bridgehead atoms. The van der Waals surface area contributed by atoms with Crippen LogP contribution in [0.1, 0.15) is 32.7 Å². The molecule has 0 atom stereocenters. The predicted octanol–water partition coefficient (Wildman–Crippen LogP) is 3.35. The molecule has 1 saturated heterocycles. The van der Waals surface area contributed by atoms with Gasteiger partial charge in [0.1, 0.15) is 5.69 Å². The third-order valence-corrected chi connectivity index (χ3v) is 6.50. The van der Waals surface area contributed by atoms with Gasteiger partial charge in [0.15, 0.2) is 11.4 Å². The molecule has 35 heavy (non-hydrogen) atoms. The molecule has 0 N–H and O–H groups in total. The number of rotatable bonds is 5. The summed E-state index contributed by atoms with van der Waals surface area (Å²) in [5, 5.41) is 4.96. The first-order chi connectivity index (χ1) is 17.0. The van der Waals surface area contributed by atoms with Crippen LogP contribution in [0.4, 0.5) is 0 Å².